The summed E-state index contributed by atoms with van der Waals surface area (Å²) in [5, 5.41) is 3.18. The maximum absolute atomic E-state index is 4.75. The standard InChI is InChI=1S/C14H18N4/c1-10-5-4-6-12-13(10)16-14-17(3)11(7-8-15-2)9-18(12)14/h4-6,9,15H,7-8H2,1-3H3. The molecule has 4 nitrogen and oxygen atoms in total. The van der Waals surface area contributed by atoms with Gasteiger partial charge in [-0.1, -0.05) is 12.1 Å². The summed E-state index contributed by atoms with van der Waals surface area (Å²) in [6.45, 7) is 3.09. The van der Waals surface area contributed by atoms with Crippen molar-refractivity contribution >= 4 is 16.8 Å². The molecule has 1 aromatic carbocycles. The second-order valence-corrected chi connectivity index (χ2v) is 4.76. The van der Waals surface area contributed by atoms with Crippen molar-refractivity contribution < 1.29 is 0 Å². The van der Waals surface area contributed by atoms with E-state index in [1.165, 1.54) is 16.8 Å². The van der Waals surface area contributed by atoms with Gasteiger partial charge in [0.25, 0.3) is 0 Å². The topological polar surface area (TPSA) is 34.3 Å². The monoisotopic (exact) mass is 242 g/mol. The van der Waals surface area contributed by atoms with Gasteiger partial charge in [-0.25, -0.2) is 4.98 Å². The summed E-state index contributed by atoms with van der Waals surface area (Å²) in [4.78, 5) is 4.75. The van der Waals surface area contributed by atoms with E-state index < -0.39 is 0 Å². The van der Waals surface area contributed by atoms with Gasteiger partial charge in [-0.05, 0) is 25.6 Å². The average molecular weight is 242 g/mol. The molecule has 0 saturated carbocycles. The third-order valence-corrected chi connectivity index (χ3v) is 3.54. The zero-order chi connectivity index (χ0) is 12.7. The molecule has 0 amide bonds. The fourth-order valence-corrected chi connectivity index (χ4v) is 2.46. The first kappa shape index (κ1) is 11.3. The maximum Gasteiger partial charge on any atom is 0.214 e. The lowest BCUT2D eigenvalue weighted by Crippen LogP contribution is -2.12. The number of nitrogens with zero attached hydrogens (tertiary/aromatic N) is 3. The minimum absolute atomic E-state index is 0.984. The van der Waals surface area contributed by atoms with Crippen molar-refractivity contribution in [3.8, 4) is 0 Å². The Morgan fingerprint density at radius 2 is 2.17 bits per heavy atom. The van der Waals surface area contributed by atoms with Gasteiger partial charge in [0.1, 0.15) is 0 Å². The molecule has 0 aliphatic rings. The minimum atomic E-state index is 0.984. The molecular formula is C14H18N4. The molecule has 0 saturated heterocycles. The third-order valence-electron chi connectivity index (χ3n) is 3.54. The summed E-state index contributed by atoms with van der Waals surface area (Å²) in [5.74, 6) is 1.02. The summed E-state index contributed by atoms with van der Waals surface area (Å²) in [6.07, 6.45) is 3.21. The Morgan fingerprint density at radius 1 is 1.33 bits per heavy atom. The Labute approximate surface area is 106 Å². The molecule has 0 aliphatic heterocycles. The summed E-state index contributed by atoms with van der Waals surface area (Å²) < 4.78 is 4.37. The van der Waals surface area contributed by atoms with E-state index in [-0.39, 0.29) is 0 Å². The average Bonchev–Trinajstić information content (AvgIpc) is 2.87. The first-order valence-corrected chi connectivity index (χ1v) is 6.29. The number of aromatic nitrogens is 3. The summed E-state index contributed by atoms with van der Waals surface area (Å²) in [7, 11) is 4.06. The number of rotatable bonds is 3. The first-order valence-electron chi connectivity index (χ1n) is 6.29. The van der Waals surface area contributed by atoms with Crippen LogP contribution in [-0.2, 0) is 13.5 Å². The predicted octanol–water partition coefficient (Wildman–Crippen LogP) is 1.90. The molecule has 0 bridgehead atoms. The highest BCUT2D eigenvalue weighted by Gasteiger charge is 2.12. The maximum atomic E-state index is 4.75. The smallest absolute Gasteiger partial charge is 0.214 e. The van der Waals surface area contributed by atoms with Crippen LogP contribution in [0.25, 0.3) is 16.8 Å². The van der Waals surface area contributed by atoms with Gasteiger partial charge < -0.3 is 9.88 Å². The SMILES string of the molecule is CNCCc1cn2c3cccc(C)c3nc2n1C. The van der Waals surface area contributed by atoms with Crippen LogP contribution in [-0.4, -0.2) is 27.5 Å². The molecule has 2 aromatic heterocycles. The molecule has 94 valence electrons. The van der Waals surface area contributed by atoms with Crippen LogP contribution in [0.1, 0.15) is 11.3 Å². The van der Waals surface area contributed by atoms with E-state index in [9.17, 15) is 0 Å². The van der Waals surface area contributed by atoms with Gasteiger partial charge in [0.05, 0.1) is 11.0 Å². The fourth-order valence-electron chi connectivity index (χ4n) is 2.46. The molecule has 3 aromatic rings. The van der Waals surface area contributed by atoms with E-state index in [1.54, 1.807) is 0 Å². The van der Waals surface area contributed by atoms with Crippen LogP contribution in [0.2, 0.25) is 0 Å². The van der Waals surface area contributed by atoms with Crippen LogP contribution in [0, 0.1) is 6.92 Å². The first-order chi connectivity index (χ1) is 8.72. The number of para-hydroxylation sites is 1. The van der Waals surface area contributed by atoms with E-state index in [4.69, 9.17) is 4.98 Å². The van der Waals surface area contributed by atoms with Crippen molar-refractivity contribution in [3.63, 3.8) is 0 Å². The molecular weight excluding hydrogens is 224 g/mol. The van der Waals surface area contributed by atoms with Gasteiger partial charge in [0.2, 0.25) is 5.78 Å². The third kappa shape index (κ3) is 1.53. The van der Waals surface area contributed by atoms with Crippen molar-refractivity contribution in [2.24, 2.45) is 7.05 Å². The number of likely N-dealkylation sites (N-methyl/N-ethyl adjacent to an activating group) is 1. The minimum Gasteiger partial charge on any atom is -0.319 e. The molecule has 18 heavy (non-hydrogen) atoms. The lowest BCUT2D eigenvalue weighted by atomic mass is 10.2. The Morgan fingerprint density at radius 3 is 2.94 bits per heavy atom. The van der Waals surface area contributed by atoms with Gasteiger partial charge in [0.15, 0.2) is 0 Å². The highest BCUT2D eigenvalue weighted by molar-refractivity contribution is 5.82. The number of hydrogen-bond acceptors (Lipinski definition) is 2. The van der Waals surface area contributed by atoms with Gasteiger partial charge in [-0.2, -0.15) is 0 Å². The fraction of sp³-hybridized carbons (Fsp3) is 0.357. The second kappa shape index (κ2) is 4.14. The van der Waals surface area contributed by atoms with E-state index >= 15 is 0 Å². The molecule has 0 atom stereocenters. The van der Waals surface area contributed by atoms with Crippen molar-refractivity contribution in [2.45, 2.75) is 13.3 Å². The zero-order valence-electron chi connectivity index (χ0n) is 11.1. The van der Waals surface area contributed by atoms with Crippen LogP contribution in [0.3, 0.4) is 0 Å². The van der Waals surface area contributed by atoms with Gasteiger partial charge >= 0.3 is 0 Å². The number of aryl methyl sites for hydroxylation is 2. The molecule has 0 aliphatic carbocycles. The number of hydrogen-bond donors (Lipinski definition) is 1. The van der Waals surface area contributed by atoms with E-state index in [1.807, 2.05) is 7.05 Å². The normalized spacial score (nSPS) is 11.7. The highest BCUT2D eigenvalue weighted by atomic mass is 15.2. The largest absolute Gasteiger partial charge is 0.319 e. The lowest BCUT2D eigenvalue weighted by molar-refractivity contribution is 0.744. The molecule has 0 unspecified atom stereocenters. The van der Waals surface area contributed by atoms with Crippen LogP contribution in [0.15, 0.2) is 24.4 Å². The van der Waals surface area contributed by atoms with Crippen molar-refractivity contribution in [2.75, 3.05) is 13.6 Å². The molecule has 2 heterocycles. The molecule has 0 fully saturated rings. The summed E-state index contributed by atoms with van der Waals surface area (Å²) in [5.41, 5.74) is 4.82. The summed E-state index contributed by atoms with van der Waals surface area (Å²) >= 11 is 0. The van der Waals surface area contributed by atoms with Gasteiger partial charge in [-0.15, -0.1) is 0 Å². The van der Waals surface area contributed by atoms with Crippen molar-refractivity contribution in [1.82, 2.24) is 19.3 Å². The van der Waals surface area contributed by atoms with Gasteiger partial charge in [0, 0.05) is 31.9 Å². The van der Waals surface area contributed by atoms with Crippen molar-refractivity contribution in [1.29, 1.82) is 0 Å². The molecule has 1 N–H and O–H groups in total. The van der Waals surface area contributed by atoms with E-state index in [0.29, 0.717) is 0 Å². The number of imidazole rings is 2. The molecule has 3 rings (SSSR count). The number of nitrogens with one attached hydrogen (secondary N) is 1. The van der Waals surface area contributed by atoms with E-state index in [0.717, 1.165) is 24.3 Å². The Balaban J connectivity index is 2.23. The predicted molar refractivity (Wildman–Crippen MR) is 74.0 cm³/mol. The van der Waals surface area contributed by atoms with Crippen molar-refractivity contribution in [3.05, 3.63) is 35.7 Å². The molecule has 4 heteroatoms. The number of benzene rings is 1. The van der Waals surface area contributed by atoms with Crippen LogP contribution in [0.5, 0.6) is 0 Å². The quantitative estimate of drug-likeness (QED) is 0.761. The Hall–Kier alpha value is -1.81. The highest BCUT2D eigenvalue weighted by Crippen LogP contribution is 2.21. The molecule has 0 spiro atoms. The van der Waals surface area contributed by atoms with Crippen LogP contribution >= 0.6 is 0 Å². The Kier molecular flexibility index (Phi) is 2.59. The Bertz CT molecular complexity index is 705. The van der Waals surface area contributed by atoms with Crippen LogP contribution in [0.4, 0.5) is 0 Å². The lowest BCUT2D eigenvalue weighted by Gasteiger charge is -2.01. The zero-order valence-corrected chi connectivity index (χ0v) is 11.1. The van der Waals surface area contributed by atoms with Gasteiger partial charge in [-0.3, -0.25) is 4.40 Å². The number of fused-ring (bicyclic) bond motifs is 3. The second-order valence-electron chi connectivity index (χ2n) is 4.76. The molecule has 0 radical (unpaired) electrons. The summed E-state index contributed by atoms with van der Waals surface area (Å²) in [6, 6.07) is 6.33. The van der Waals surface area contributed by atoms with E-state index in [2.05, 4.69) is 52.7 Å². The van der Waals surface area contributed by atoms with Crippen LogP contribution < -0.4 is 5.32 Å².